The zero-order valence-electron chi connectivity index (χ0n) is 8.95. The molecule has 0 bridgehead atoms. The van der Waals surface area contributed by atoms with Gasteiger partial charge in [0.2, 0.25) is 0 Å². The molecule has 2 aromatic rings. The Bertz CT molecular complexity index is 468. The van der Waals surface area contributed by atoms with E-state index in [1.807, 2.05) is 24.3 Å². The second-order valence-electron chi connectivity index (χ2n) is 3.25. The predicted octanol–water partition coefficient (Wildman–Crippen LogP) is 2.68. The SMILES string of the molecule is CCNc1ccc(OC)c2ncccc12. The molecule has 0 atom stereocenters. The van der Waals surface area contributed by atoms with Crippen LogP contribution in [0.4, 0.5) is 5.69 Å². The lowest BCUT2D eigenvalue weighted by Gasteiger charge is -2.10. The minimum atomic E-state index is 0.812. The lowest BCUT2D eigenvalue weighted by Crippen LogP contribution is -1.98. The third-order valence-electron chi connectivity index (χ3n) is 2.32. The molecule has 0 spiro atoms. The molecule has 3 heteroatoms. The van der Waals surface area contributed by atoms with Crippen LogP contribution in [0.15, 0.2) is 30.5 Å². The average molecular weight is 202 g/mol. The van der Waals surface area contributed by atoms with Crippen LogP contribution in [0.25, 0.3) is 10.9 Å². The van der Waals surface area contributed by atoms with Gasteiger partial charge in [0.05, 0.1) is 7.11 Å². The molecule has 1 aromatic heterocycles. The van der Waals surface area contributed by atoms with Crippen molar-refractivity contribution >= 4 is 16.6 Å². The first-order valence-electron chi connectivity index (χ1n) is 5.02. The fourth-order valence-corrected chi connectivity index (χ4v) is 1.66. The molecule has 78 valence electrons. The van der Waals surface area contributed by atoms with Crippen molar-refractivity contribution < 1.29 is 4.74 Å². The Labute approximate surface area is 89.1 Å². The zero-order chi connectivity index (χ0) is 10.7. The third kappa shape index (κ3) is 1.73. The third-order valence-corrected chi connectivity index (χ3v) is 2.32. The van der Waals surface area contributed by atoms with Crippen LogP contribution in [0, 0.1) is 0 Å². The lowest BCUT2D eigenvalue weighted by atomic mass is 10.1. The van der Waals surface area contributed by atoms with Crippen molar-refractivity contribution in [3.05, 3.63) is 30.5 Å². The molecule has 0 fully saturated rings. The van der Waals surface area contributed by atoms with E-state index >= 15 is 0 Å². The van der Waals surface area contributed by atoms with Gasteiger partial charge < -0.3 is 10.1 Å². The molecule has 0 amide bonds. The van der Waals surface area contributed by atoms with E-state index < -0.39 is 0 Å². The Morgan fingerprint density at radius 3 is 2.93 bits per heavy atom. The Morgan fingerprint density at radius 1 is 1.33 bits per heavy atom. The van der Waals surface area contributed by atoms with Crippen LogP contribution < -0.4 is 10.1 Å². The minimum Gasteiger partial charge on any atom is -0.494 e. The second-order valence-corrected chi connectivity index (χ2v) is 3.25. The van der Waals surface area contributed by atoms with E-state index in [9.17, 15) is 0 Å². The number of nitrogens with zero attached hydrogens (tertiary/aromatic N) is 1. The topological polar surface area (TPSA) is 34.1 Å². The number of hydrogen-bond donors (Lipinski definition) is 1. The van der Waals surface area contributed by atoms with Crippen LogP contribution in [-0.4, -0.2) is 18.6 Å². The van der Waals surface area contributed by atoms with Gasteiger partial charge in [-0.05, 0) is 31.2 Å². The summed E-state index contributed by atoms with van der Waals surface area (Å²) in [5, 5.41) is 4.40. The van der Waals surface area contributed by atoms with Gasteiger partial charge in [0, 0.05) is 23.8 Å². The highest BCUT2D eigenvalue weighted by atomic mass is 16.5. The number of ether oxygens (including phenoxy) is 1. The number of nitrogens with one attached hydrogen (secondary N) is 1. The Kier molecular flexibility index (Phi) is 2.72. The van der Waals surface area contributed by atoms with Crippen molar-refractivity contribution in [2.45, 2.75) is 6.92 Å². The highest BCUT2D eigenvalue weighted by molar-refractivity contribution is 5.95. The molecule has 1 N–H and O–H groups in total. The molecule has 1 aromatic carbocycles. The summed E-state index contributed by atoms with van der Waals surface area (Å²) >= 11 is 0. The first kappa shape index (κ1) is 9.77. The number of fused-ring (bicyclic) bond motifs is 1. The van der Waals surface area contributed by atoms with Crippen molar-refractivity contribution in [1.82, 2.24) is 4.98 Å². The molecular weight excluding hydrogens is 188 g/mol. The number of aromatic nitrogens is 1. The summed E-state index contributed by atoms with van der Waals surface area (Å²) in [6.07, 6.45) is 1.78. The van der Waals surface area contributed by atoms with Gasteiger partial charge in [0.15, 0.2) is 0 Å². The van der Waals surface area contributed by atoms with Crippen LogP contribution in [0.1, 0.15) is 6.92 Å². The van der Waals surface area contributed by atoms with E-state index in [0.29, 0.717) is 0 Å². The first-order valence-corrected chi connectivity index (χ1v) is 5.02. The molecule has 0 unspecified atom stereocenters. The summed E-state index contributed by atoms with van der Waals surface area (Å²) in [5.74, 6) is 0.812. The molecule has 0 aliphatic heterocycles. The second kappa shape index (κ2) is 4.17. The van der Waals surface area contributed by atoms with Gasteiger partial charge in [-0.3, -0.25) is 4.98 Å². The minimum absolute atomic E-state index is 0.812. The van der Waals surface area contributed by atoms with Gasteiger partial charge in [-0.1, -0.05) is 0 Å². The van der Waals surface area contributed by atoms with Gasteiger partial charge in [-0.2, -0.15) is 0 Å². The molecule has 0 aliphatic rings. The van der Waals surface area contributed by atoms with E-state index in [1.54, 1.807) is 13.3 Å². The van der Waals surface area contributed by atoms with Crippen LogP contribution >= 0.6 is 0 Å². The molecule has 0 radical (unpaired) electrons. The molecule has 0 saturated carbocycles. The van der Waals surface area contributed by atoms with E-state index in [2.05, 4.69) is 17.2 Å². The fourth-order valence-electron chi connectivity index (χ4n) is 1.66. The highest BCUT2D eigenvalue weighted by Crippen LogP contribution is 2.29. The van der Waals surface area contributed by atoms with E-state index in [0.717, 1.165) is 28.9 Å². The van der Waals surface area contributed by atoms with Crippen molar-refractivity contribution in [2.24, 2.45) is 0 Å². The fraction of sp³-hybridized carbons (Fsp3) is 0.250. The zero-order valence-corrected chi connectivity index (χ0v) is 8.95. The number of hydrogen-bond acceptors (Lipinski definition) is 3. The average Bonchev–Trinajstić information content (AvgIpc) is 2.30. The summed E-state index contributed by atoms with van der Waals surface area (Å²) < 4.78 is 5.27. The maximum absolute atomic E-state index is 5.27. The summed E-state index contributed by atoms with van der Waals surface area (Å²) in [6.45, 7) is 2.97. The molecule has 0 aliphatic carbocycles. The normalized spacial score (nSPS) is 10.3. The van der Waals surface area contributed by atoms with Gasteiger partial charge >= 0.3 is 0 Å². The monoisotopic (exact) mass is 202 g/mol. The number of pyridine rings is 1. The van der Waals surface area contributed by atoms with Crippen molar-refractivity contribution in [2.75, 3.05) is 19.0 Å². The first-order chi connectivity index (χ1) is 7.36. The molecular formula is C12H14N2O. The summed E-state index contributed by atoms with van der Waals surface area (Å²) in [7, 11) is 1.66. The summed E-state index contributed by atoms with van der Waals surface area (Å²) in [4.78, 5) is 4.33. The quantitative estimate of drug-likeness (QED) is 0.830. The molecule has 1 heterocycles. The van der Waals surface area contributed by atoms with Crippen LogP contribution in [0.3, 0.4) is 0 Å². The maximum Gasteiger partial charge on any atom is 0.145 e. The van der Waals surface area contributed by atoms with Gasteiger partial charge in [0.1, 0.15) is 11.3 Å². The van der Waals surface area contributed by atoms with Gasteiger partial charge in [-0.15, -0.1) is 0 Å². The number of anilines is 1. The number of benzene rings is 1. The largest absolute Gasteiger partial charge is 0.494 e. The van der Waals surface area contributed by atoms with E-state index in [1.165, 1.54) is 0 Å². The number of methoxy groups -OCH3 is 1. The van der Waals surface area contributed by atoms with E-state index in [-0.39, 0.29) is 0 Å². The number of rotatable bonds is 3. The van der Waals surface area contributed by atoms with Crippen molar-refractivity contribution in [3.63, 3.8) is 0 Å². The summed E-state index contributed by atoms with van der Waals surface area (Å²) in [6, 6.07) is 7.94. The van der Waals surface area contributed by atoms with Crippen LogP contribution in [0.5, 0.6) is 5.75 Å². The van der Waals surface area contributed by atoms with Gasteiger partial charge in [0.25, 0.3) is 0 Å². The predicted molar refractivity (Wildman–Crippen MR) is 62.5 cm³/mol. The molecule has 15 heavy (non-hydrogen) atoms. The van der Waals surface area contributed by atoms with Crippen molar-refractivity contribution in [3.8, 4) is 5.75 Å². The molecule has 0 saturated heterocycles. The smallest absolute Gasteiger partial charge is 0.145 e. The Hall–Kier alpha value is -1.77. The Balaban J connectivity index is 2.66. The lowest BCUT2D eigenvalue weighted by molar-refractivity contribution is 0.419. The Morgan fingerprint density at radius 2 is 2.20 bits per heavy atom. The van der Waals surface area contributed by atoms with Crippen LogP contribution in [-0.2, 0) is 0 Å². The van der Waals surface area contributed by atoms with E-state index in [4.69, 9.17) is 4.74 Å². The standard InChI is InChI=1S/C12H14N2O/c1-3-13-10-6-7-11(15-2)12-9(10)5-4-8-14-12/h4-8,13H,3H2,1-2H3. The van der Waals surface area contributed by atoms with Gasteiger partial charge in [-0.25, -0.2) is 0 Å². The maximum atomic E-state index is 5.27. The van der Waals surface area contributed by atoms with Crippen LogP contribution in [0.2, 0.25) is 0 Å². The summed E-state index contributed by atoms with van der Waals surface area (Å²) in [5.41, 5.74) is 2.00. The molecule has 3 nitrogen and oxygen atoms in total. The highest BCUT2D eigenvalue weighted by Gasteiger charge is 2.05. The molecule has 2 rings (SSSR count). The van der Waals surface area contributed by atoms with Crippen molar-refractivity contribution in [1.29, 1.82) is 0 Å².